The molecule has 1 heterocycles. The molecule has 0 unspecified atom stereocenters. The summed E-state index contributed by atoms with van der Waals surface area (Å²) in [5.74, 6) is -1.43. The largest absolute Gasteiger partial charge is 0.460 e. The van der Waals surface area contributed by atoms with Gasteiger partial charge in [-0.3, -0.25) is 9.48 Å². The molecular weight excluding hydrogens is 232 g/mol. The predicted molar refractivity (Wildman–Crippen MR) is 66.4 cm³/mol. The van der Waals surface area contributed by atoms with E-state index < -0.39 is 11.8 Å². The number of Topliss-reactive ketones (excluding diaryl/α,β-unsaturated/α-hetero) is 1. The fourth-order valence-corrected chi connectivity index (χ4v) is 2.01. The molecule has 0 spiro atoms. The Hall–Kier alpha value is -2.17. The minimum Gasteiger partial charge on any atom is -0.460 e. The highest BCUT2D eigenvalue weighted by Crippen LogP contribution is 2.21. The van der Waals surface area contributed by atoms with Crippen LogP contribution in [0.2, 0.25) is 0 Å². The molecule has 2 rings (SSSR count). The molecule has 0 saturated carbocycles. The van der Waals surface area contributed by atoms with E-state index in [-0.39, 0.29) is 6.61 Å². The van der Waals surface area contributed by atoms with Crippen LogP contribution >= 0.6 is 0 Å². The van der Waals surface area contributed by atoms with E-state index >= 15 is 0 Å². The van der Waals surface area contributed by atoms with E-state index in [0.29, 0.717) is 5.56 Å². The molecular formula is C13H14N2O3. The topological polar surface area (TPSA) is 61.2 Å². The number of rotatable bonds is 3. The van der Waals surface area contributed by atoms with Crippen molar-refractivity contribution in [1.82, 2.24) is 9.78 Å². The molecule has 1 aromatic carbocycles. The smallest absolute Gasteiger partial charge is 0.379 e. The summed E-state index contributed by atoms with van der Waals surface area (Å²) in [5, 5.41) is 5.07. The van der Waals surface area contributed by atoms with Gasteiger partial charge in [-0.2, -0.15) is 5.10 Å². The predicted octanol–water partition coefficient (Wildman–Crippen LogP) is 1.63. The number of aromatic nitrogens is 2. The second-order valence-electron chi connectivity index (χ2n) is 3.99. The molecule has 0 aliphatic heterocycles. The molecule has 0 atom stereocenters. The number of hydrogen-bond acceptors (Lipinski definition) is 4. The van der Waals surface area contributed by atoms with Crippen molar-refractivity contribution in [2.45, 2.75) is 13.8 Å². The number of esters is 1. The number of carbonyl (C=O) groups excluding carboxylic acids is 2. The number of fused-ring (bicyclic) bond motifs is 1. The fourth-order valence-electron chi connectivity index (χ4n) is 2.01. The lowest BCUT2D eigenvalue weighted by Crippen LogP contribution is -2.18. The number of carbonyl (C=O) groups is 2. The monoisotopic (exact) mass is 246 g/mol. The van der Waals surface area contributed by atoms with Crippen molar-refractivity contribution in [3.05, 3.63) is 29.5 Å². The maximum atomic E-state index is 11.9. The first-order valence-electron chi connectivity index (χ1n) is 5.69. The second kappa shape index (κ2) is 4.60. The summed E-state index contributed by atoms with van der Waals surface area (Å²) in [6.07, 6.45) is 1.72. The summed E-state index contributed by atoms with van der Waals surface area (Å²) in [5.41, 5.74) is 1.96. The van der Waals surface area contributed by atoms with Gasteiger partial charge in [0.15, 0.2) is 0 Å². The van der Waals surface area contributed by atoms with Gasteiger partial charge in [0.1, 0.15) is 0 Å². The Morgan fingerprint density at radius 3 is 2.78 bits per heavy atom. The van der Waals surface area contributed by atoms with Crippen LogP contribution in [0, 0.1) is 6.92 Å². The van der Waals surface area contributed by atoms with E-state index in [4.69, 9.17) is 4.74 Å². The number of ether oxygens (including phenoxy) is 1. The average Bonchev–Trinajstić information content (AvgIpc) is 2.72. The molecule has 0 radical (unpaired) electrons. The van der Waals surface area contributed by atoms with E-state index in [0.717, 1.165) is 16.5 Å². The van der Waals surface area contributed by atoms with Gasteiger partial charge in [-0.05, 0) is 25.5 Å². The van der Waals surface area contributed by atoms with Gasteiger partial charge in [0.05, 0.1) is 18.3 Å². The Morgan fingerprint density at radius 1 is 1.39 bits per heavy atom. The van der Waals surface area contributed by atoms with Gasteiger partial charge in [0.25, 0.3) is 5.78 Å². The van der Waals surface area contributed by atoms with Crippen LogP contribution in [0.4, 0.5) is 0 Å². The van der Waals surface area contributed by atoms with Gasteiger partial charge in [0.2, 0.25) is 0 Å². The standard InChI is InChI=1S/C13H14N2O3/c1-4-18-13(17)12(16)10-6-5-9-7-14-15(3)11(9)8(10)2/h5-7H,4H2,1-3H3. The average molecular weight is 246 g/mol. The van der Waals surface area contributed by atoms with Gasteiger partial charge in [-0.25, -0.2) is 4.79 Å². The molecule has 0 bridgehead atoms. The molecule has 5 heteroatoms. The minimum absolute atomic E-state index is 0.192. The molecule has 0 aliphatic rings. The van der Waals surface area contributed by atoms with E-state index in [9.17, 15) is 9.59 Å². The first-order chi connectivity index (χ1) is 8.56. The zero-order chi connectivity index (χ0) is 13.3. The highest BCUT2D eigenvalue weighted by molar-refractivity contribution is 6.41. The lowest BCUT2D eigenvalue weighted by molar-refractivity contribution is -0.137. The molecule has 5 nitrogen and oxygen atoms in total. The lowest BCUT2D eigenvalue weighted by Gasteiger charge is -2.06. The van der Waals surface area contributed by atoms with Crippen LogP contribution in [0.5, 0.6) is 0 Å². The summed E-state index contributed by atoms with van der Waals surface area (Å²) >= 11 is 0. The molecule has 94 valence electrons. The van der Waals surface area contributed by atoms with Gasteiger partial charge in [-0.15, -0.1) is 0 Å². The molecule has 0 fully saturated rings. The Kier molecular flexibility index (Phi) is 3.14. The van der Waals surface area contributed by atoms with Crippen molar-refractivity contribution in [3.63, 3.8) is 0 Å². The van der Waals surface area contributed by atoms with E-state index in [1.54, 1.807) is 43.9 Å². The lowest BCUT2D eigenvalue weighted by atomic mass is 10.0. The van der Waals surface area contributed by atoms with Crippen LogP contribution in [-0.2, 0) is 16.6 Å². The number of aryl methyl sites for hydroxylation is 2. The van der Waals surface area contributed by atoms with Crippen LogP contribution < -0.4 is 0 Å². The maximum Gasteiger partial charge on any atom is 0.379 e. The minimum atomic E-state index is -0.817. The first kappa shape index (κ1) is 12.3. The molecule has 18 heavy (non-hydrogen) atoms. The van der Waals surface area contributed by atoms with E-state index in [2.05, 4.69) is 5.10 Å². The van der Waals surface area contributed by atoms with Crippen molar-refractivity contribution >= 4 is 22.7 Å². The summed E-state index contributed by atoms with van der Waals surface area (Å²) in [6.45, 7) is 3.66. The number of ketones is 1. The number of nitrogens with zero attached hydrogens (tertiary/aromatic N) is 2. The molecule has 0 saturated heterocycles. The highest BCUT2D eigenvalue weighted by atomic mass is 16.5. The third-order valence-corrected chi connectivity index (χ3v) is 2.86. The Balaban J connectivity index is 2.52. The van der Waals surface area contributed by atoms with Gasteiger partial charge in [-0.1, -0.05) is 6.07 Å². The van der Waals surface area contributed by atoms with Crippen molar-refractivity contribution in [1.29, 1.82) is 0 Å². The van der Waals surface area contributed by atoms with Gasteiger partial charge in [0, 0.05) is 18.0 Å². The summed E-state index contributed by atoms with van der Waals surface area (Å²) in [6, 6.07) is 3.42. The summed E-state index contributed by atoms with van der Waals surface area (Å²) in [7, 11) is 1.80. The molecule has 2 aromatic rings. The van der Waals surface area contributed by atoms with E-state index in [1.807, 2.05) is 0 Å². The van der Waals surface area contributed by atoms with Crippen molar-refractivity contribution in [2.75, 3.05) is 6.61 Å². The van der Waals surface area contributed by atoms with E-state index in [1.165, 1.54) is 0 Å². The van der Waals surface area contributed by atoms with Crippen molar-refractivity contribution in [2.24, 2.45) is 7.05 Å². The molecule has 0 amide bonds. The molecule has 1 aromatic heterocycles. The summed E-state index contributed by atoms with van der Waals surface area (Å²) in [4.78, 5) is 23.4. The third-order valence-electron chi connectivity index (χ3n) is 2.86. The second-order valence-corrected chi connectivity index (χ2v) is 3.99. The first-order valence-corrected chi connectivity index (χ1v) is 5.69. The third kappa shape index (κ3) is 1.88. The number of hydrogen-bond donors (Lipinski definition) is 0. The summed E-state index contributed by atoms with van der Waals surface area (Å²) < 4.78 is 6.41. The molecule has 0 N–H and O–H groups in total. The Labute approximate surface area is 104 Å². The SMILES string of the molecule is CCOC(=O)C(=O)c1ccc2cnn(C)c2c1C. The highest BCUT2D eigenvalue weighted by Gasteiger charge is 2.21. The molecule has 0 aliphatic carbocycles. The van der Waals surface area contributed by atoms with Crippen LogP contribution in [0.3, 0.4) is 0 Å². The van der Waals surface area contributed by atoms with Gasteiger partial charge < -0.3 is 4.74 Å². The van der Waals surface area contributed by atoms with Crippen molar-refractivity contribution in [3.8, 4) is 0 Å². The Bertz CT molecular complexity index is 628. The number of benzene rings is 1. The van der Waals surface area contributed by atoms with Crippen molar-refractivity contribution < 1.29 is 14.3 Å². The van der Waals surface area contributed by atoms with Crippen LogP contribution in [0.25, 0.3) is 10.9 Å². The van der Waals surface area contributed by atoms with Crippen LogP contribution in [0.1, 0.15) is 22.8 Å². The Morgan fingerprint density at radius 2 is 2.11 bits per heavy atom. The zero-order valence-electron chi connectivity index (χ0n) is 10.6. The van der Waals surface area contributed by atoms with Crippen LogP contribution in [-0.4, -0.2) is 28.1 Å². The van der Waals surface area contributed by atoms with Gasteiger partial charge >= 0.3 is 5.97 Å². The van der Waals surface area contributed by atoms with Crippen LogP contribution in [0.15, 0.2) is 18.3 Å². The normalized spacial score (nSPS) is 10.6. The maximum absolute atomic E-state index is 11.9. The fraction of sp³-hybridized carbons (Fsp3) is 0.308. The quantitative estimate of drug-likeness (QED) is 0.469. The zero-order valence-corrected chi connectivity index (χ0v) is 10.6.